The molecule has 2 aromatic carbocycles. The van der Waals surface area contributed by atoms with Gasteiger partial charge in [0.15, 0.2) is 4.34 Å². The van der Waals surface area contributed by atoms with Crippen LogP contribution in [0.15, 0.2) is 52.9 Å². The number of aromatic nitrogens is 2. The zero-order chi connectivity index (χ0) is 21.7. The lowest BCUT2D eigenvalue weighted by atomic mass is 10.1. The van der Waals surface area contributed by atoms with Gasteiger partial charge >= 0.3 is 6.18 Å². The summed E-state index contributed by atoms with van der Waals surface area (Å²) < 4.78 is 40.1. The van der Waals surface area contributed by atoms with E-state index >= 15 is 0 Å². The Kier molecular flexibility index (Phi) is 7.22. The van der Waals surface area contributed by atoms with Gasteiger partial charge in [-0.1, -0.05) is 65.0 Å². The normalized spacial score (nSPS) is 12.4. The average molecular weight is 473 g/mol. The second-order valence-electron chi connectivity index (χ2n) is 6.15. The molecule has 0 saturated heterocycles. The number of anilines is 2. The fourth-order valence-electron chi connectivity index (χ4n) is 2.40. The van der Waals surface area contributed by atoms with Gasteiger partial charge in [-0.15, -0.1) is 10.2 Å². The summed E-state index contributed by atoms with van der Waals surface area (Å²) >= 11 is 8.04. The second kappa shape index (κ2) is 9.67. The summed E-state index contributed by atoms with van der Waals surface area (Å²) in [5, 5.41) is 13.4. The van der Waals surface area contributed by atoms with E-state index in [9.17, 15) is 18.0 Å². The molecule has 158 valence electrons. The van der Waals surface area contributed by atoms with Crippen molar-refractivity contribution in [3.05, 3.63) is 64.7 Å². The van der Waals surface area contributed by atoms with Crippen LogP contribution in [0.25, 0.3) is 0 Å². The van der Waals surface area contributed by atoms with Gasteiger partial charge in [-0.25, -0.2) is 0 Å². The highest BCUT2D eigenvalue weighted by molar-refractivity contribution is 8.02. The fourth-order valence-corrected chi connectivity index (χ4v) is 4.47. The van der Waals surface area contributed by atoms with Crippen LogP contribution in [0.5, 0.6) is 0 Å². The maximum absolute atomic E-state index is 13.2. The van der Waals surface area contributed by atoms with E-state index in [2.05, 4.69) is 20.8 Å². The molecule has 3 aromatic rings. The van der Waals surface area contributed by atoms with Crippen LogP contribution in [0, 0.1) is 0 Å². The topological polar surface area (TPSA) is 66.9 Å². The maximum atomic E-state index is 13.2. The first-order valence-electron chi connectivity index (χ1n) is 8.68. The Morgan fingerprint density at radius 1 is 1.20 bits per heavy atom. The number of rotatable bonds is 7. The molecule has 1 atom stereocenters. The molecule has 11 heteroatoms. The van der Waals surface area contributed by atoms with Gasteiger partial charge in [0.25, 0.3) is 0 Å². The molecule has 0 aliphatic carbocycles. The first-order chi connectivity index (χ1) is 14.2. The number of alkyl halides is 3. The number of thioether (sulfide) groups is 1. The highest BCUT2D eigenvalue weighted by atomic mass is 35.5. The lowest BCUT2D eigenvalue weighted by molar-refractivity contribution is -0.137. The zero-order valence-corrected chi connectivity index (χ0v) is 17.9. The lowest BCUT2D eigenvalue weighted by Crippen LogP contribution is -2.24. The third kappa shape index (κ3) is 6.10. The number of nitrogens with one attached hydrogen (secondary N) is 2. The second-order valence-corrected chi connectivity index (χ2v) is 9.15. The minimum Gasteiger partial charge on any atom is -0.356 e. The van der Waals surface area contributed by atoms with Crippen molar-refractivity contribution in [3.63, 3.8) is 0 Å². The molecule has 30 heavy (non-hydrogen) atoms. The largest absolute Gasteiger partial charge is 0.418 e. The summed E-state index contributed by atoms with van der Waals surface area (Å²) in [7, 11) is 0. The average Bonchev–Trinajstić information content (AvgIpc) is 3.15. The summed E-state index contributed by atoms with van der Waals surface area (Å²) in [6.07, 6.45) is -4.64. The van der Waals surface area contributed by atoms with Crippen LogP contribution in [-0.2, 0) is 17.5 Å². The van der Waals surface area contributed by atoms with E-state index in [1.54, 1.807) is 6.92 Å². The number of benzene rings is 2. The monoisotopic (exact) mass is 472 g/mol. The van der Waals surface area contributed by atoms with Crippen LogP contribution in [0.3, 0.4) is 0 Å². The molecule has 3 rings (SSSR count). The molecule has 1 aromatic heterocycles. The molecule has 0 aliphatic rings. The van der Waals surface area contributed by atoms with Gasteiger partial charge in [0.2, 0.25) is 11.0 Å². The highest BCUT2D eigenvalue weighted by Crippen LogP contribution is 2.37. The molecule has 0 bridgehead atoms. The first-order valence-corrected chi connectivity index (χ1v) is 10.8. The van der Waals surface area contributed by atoms with Crippen molar-refractivity contribution in [1.29, 1.82) is 0 Å². The van der Waals surface area contributed by atoms with Crippen LogP contribution in [-0.4, -0.2) is 21.4 Å². The molecule has 0 spiro atoms. The van der Waals surface area contributed by atoms with E-state index in [1.165, 1.54) is 17.4 Å². The summed E-state index contributed by atoms with van der Waals surface area (Å²) in [6, 6.07) is 13.0. The molecule has 0 fully saturated rings. The number of hydrogen-bond donors (Lipinski definition) is 2. The predicted octanol–water partition coefficient (Wildman–Crippen LogP) is 5.94. The minimum atomic E-state index is -4.64. The van der Waals surface area contributed by atoms with Crippen LogP contribution in [0.4, 0.5) is 24.0 Å². The number of hydrogen-bond acceptors (Lipinski definition) is 6. The SMILES string of the molecule is CC(Sc1nnc(NCc2ccccc2)s1)C(=O)Nc1ccc(Cl)cc1C(F)(F)F. The Morgan fingerprint density at radius 3 is 2.63 bits per heavy atom. The Labute approximate surface area is 184 Å². The smallest absolute Gasteiger partial charge is 0.356 e. The minimum absolute atomic E-state index is 0.0628. The van der Waals surface area contributed by atoms with E-state index in [0.717, 1.165) is 29.5 Å². The van der Waals surface area contributed by atoms with Crippen LogP contribution in [0.2, 0.25) is 5.02 Å². The van der Waals surface area contributed by atoms with E-state index in [1.807, 2.05) is 30.3 Å². The molecule has 0 saturated carbocycles. The Hall–Kier alpha value is -2.30. The van der Waals surface area contributed by atoms with Crippen molar-refractivity contribution in [3.8, 4) is 0 Å². The van der Waals surface area contributed by atoms with Gasteiger partial charge < -0.3 is 10.6 Å². The third-order valence-corrected chi connectivity index (χ3v) is 6.19. The molecule has 1 amide bonds. The number of carbonyl (C=O) groups is 1. The van der Waals surface area contributed by atoms with Crippen molar-refractivity contribution in [1.82, 2.24) is 10.2 Å². The Balaban J connectivity index is 1.60. The highest BCUT2D eigenvalue weighted by Gasteiger charge is 2.34. The van der Waals surface area contributed by atoms with Crippen molar-refractivity contribution in [2.75, 3.05) is 10.6 Å². The molecule has 2 N–H and O–H groups in total. The summed E-state index contributed by atoms with van der Waals surface area (Å²) in [5.41, 5.74) is -0.256. The van der Waals surface area contributed by atoms with E-state index in [0.29, 0.717) is 16.0 Å². The summed E-state index contributed by atoms with van der Waals surface area (Å²) in [5.74, 6) is -0.582. The van der Waals surface area contributed by atoms with Gasteiger partial charge in [-0.2, -0.15) is 13.2 Å². The van der Waals surface area contributed by atoms with Crippen LogP contribution in [0.1, 0.15) is 18.1 Å². The lowest BCUT2D eigenvalue weighted by Gasteiger charge is -2.16. The van der Waals surface area contributed by atoms with Crippen molar-refractivity contribution < 1.29 is 18.0 Å². The predicted molar refractivity (Wildman–Crippen MR) is 114 cm³/mol. The summed E-state index contributed by atoms with van der Waals surface area (Å²) in [6.45, 7) is 2.16. The van der Waals surface area contributed by atoms with Gasteiger partial charge in [-0.05, 0) is 30.7 Å². The van der Waals surface area contributed by atoms with E-state index < -0.39 is 22.9 Å². The summed E-state index contributed by atoms with van der Waals surface area (Å²) in [4.78, 5) is 12.4. The van der Waals surface area contributed by atoms with Gasteiger partial charge in [0.05, 0.1) is 16.5 Å². The molecule has 1 heterocycles. The van der Waals surface area contributed by atoms with Crippen molar-refractivity contribution >= 4 is 51.4 Å². The molecular weight excluding hydrogens is 457 g/mol. The zero-order valence-electron chi connectivity index (χ0n) is 15.5. The molecule has 5 nitrogen and oxygen atoms in total. The Bertz CT molecular complexity index is 1010. The van der Waals surface area contributed by atoms with Crippen LogP contribution < -0.4 is 10.6 Å². The fraction of sp³-hybridized carbons (Fsp3) is 0.211. The third-order valence-electron chi connectivity index (χ3n) is 3.88. The molecule has 0 radical (unpaired) electrons. The number of amides is 1. The number of nitrogens with zero attached hydrogens (tertiary/aromatic N) is 2. The van der Waals surface area contributed by atoms with Crippen LogP contribution >= 0.6 is 34.7 Å². The first kappa shape index (κ1) is 22.4. The molecule has 1 unspecified atom stereocenters. The number of carbonyl (C=O) groups excluding carboxylic acids is 1. The maximum Gasteiger partial charge on any atom is 0.418 e. The molecule has 0 aliphatic heterocycles. The van der Waals surface area contributed by atoms with Gasteiger partial charge in [-0.3, -0.25) is 4.79 Å². The van der Waals surface area contributed by atoms with Gasteiger partial charge in [0.1, 0.15) is 0 Å². The van der Waals surface area contributed by atoms with Crippen molar-refractivity contribution in [2.45, 2.75) is 29.2 Å². The quantitative estimate of drug-likeness (QED) is 0.416. The van der Waals surface area contributed by atoms with E-state index in [4.69, 9.17) is 11.6 Å². The number of halogens is 4. The van der Waals surface area contributed by atoms with Gasteiger partial charge in [0, 0.05) is 11.6 Å². The standard InChI is InChI=1S/C19H16ClF3N4OS2/c1-11(16(28)25-15-8-7-13(20)9-14(15)19(21,22)23)29-18-27-26-17(30-18)24-10-12-5-3-2-4-6-12/h2-9,11H,10H2,1H3,(H,24,26)(H,25,28). The molecular formula is C19H16ClF3N4OS2. The van der Waals surface area contributed by atoms with E-state index in [-0.39, 0.29) is 10.7 Å². The Morgan fingerprint density at radius 2 is 1.93 bits per heavy atom. The van der Waals surface area contributed by atoms with Crippen molar-refractivity contribution in [2.24, 2.45) is 0 Å².